The fourth-order valence-corrected chi connectivity index (χ4v) is 3.75. The summed E-state index contributed by atoms with van der Waals surface area (Å²) in [6.45, 7) is 4.57. The van der Waals surface area contributed by atoms with Crippen molar-refractivity contribution in [2.45, 2.75) is 20.8 Å². The van der Waals surface area contributed by atoms with Gasteiger partial charge in [-0.05, 0) is 50.6 Å². The van der Waals surface area contributed by atoms with Gasteiger partial charge in [0.1, 0.15) is 5.00 Å². The van der Waals surface area contributed by atoms with Crippen molar-refractivity contribution in [2.75, 3.05) is 11.9 Å². The van der Waals surface area contributed by atoms with Crippen LogP contribution in [0.1, 0.15) is 49.8 Å². The van der Waals surface area contributed by atoms with Gasteiger partial charge in [-0.25, -0.2) is 4.79 Å². The van der Waals surface area contributed by atoms with Gasteiger partial charge in [0.05, 0.1) is 17.0 Å². The second-order valence-corrected chi connectivity index (χ2v) is 7.26. The zero-order chi connectivity index (χ0) is 19.4. The predicted octanol–water partition coefficient (Wildman–Crippen LogP) is 4.02. The first-order valence-corrected chi connectivity index (χ1v) is 9.29. The number of halogens is 1. The molecule has 26 heavy (non-hydrogen) atoms. The maximum Gasteiger partial charge on any atom is 0.380 e. The highest BCUT2D eigenvalue weighted by molar-refractivity contribution is 9.10. The van der Waals surface area contributed by atoms with Crippen molar-refractivity contribution in [3.05, 3.63) is 50.3 Å². The second-order valence-electron chi connectivity index (χ2n) is 5.33. The number of amides is 1. The summed E-state index contributed by atoms with van der Waals surface area (Å²) in [6, 6.07) is 6.68. The van der Waals surface area contributed by atoms with Crippen LogP contribution in [0.4, 0.5) is 5.00 Å². The largest absolute Gasteiger partial charge is 0.460 e. The lowest BCUT2D eigenvalue weighted by Crippen LogP contribution is -2.17. The lowest BCUT2D eigenvalue weighted by Gasteiger charge is -2.05. The van der Waals surface area contributed by atoms with Crippen LogP contribution in [0.5, 0.6) is 0 Å². The van der Waals surface area contributed by atoms with Gasteiger partial charge >= 0.3 is 5.97 Å². The molecule has 0 aliphatic carbocycles. The van der Waals surface area contributed by atoms with Crippen molar-refractivity contribution in [1.29, 1.82) is 0 Å². The Morgan fingerprint density at radius 3 is 2.31 bits per heavy atom. The monoisotopic (exact) mass is 437 g/mol. The first-order chi connectivity index (χ1) is 12.3. The molecular weight excluding hydrogens is 422 g/mol. The molecule has 1 N–H and O–H groups in total. The first-order valence-electron chi connectivity index (χ1n) is 7.69. The number of ketones is 2. The minimum absolute atomic E-state index is 0.0712. The van der Waals surface area contributed by atoms with Crippen LogP contribution in [0.3, 0.4) is 0 Å². The molecule has 0 radical (unpaired) electrons. The average Bonchev–Trinajstić information content (AvgIpc) is 2.91. The summed E-state index contributed by atoms with van der Waals surface area (Å²) in [6.07, 6.45) is 0. The van der Waals surface area contributed by atoms with E-state index in [1.807, 2.05) is 0 Å². The highest BCUT2D eigenvalue weighted by Crippen LogP contribution is 2.34. The lowest BCUT2D eigenvalue weighted by molar-refractivity contribution is -0.137. The normalized spacial score (nSPS) is 10.3. The van der Waals surface area contributed by atoms with E-state index >= 15 is 0 Å². The van der Waals surface area contributed by atoms with Gasteiger partial charge in [-0.15, -0.1) is 11.3 Å². The quantitative estimate of drug-likeness (QED) is 0.418. The Labute approximate surface area is 162 Å². The number of benzene rings is 1. The zero-order valence-electron chi connectivity index (χ0n) is 14.3. The fourth-order valence-electron chi connectivity index (χ4n) is 2.31. The molecule has 1 amide bonds. The highest BCUT2D eigenvalue weighted by Gasteiger charge is 2.28. The fraction of sp³-hybridized carbons (Fsp3) is 0.222. The van der Waals surface area contributed by atoms with Gasteiger partial charge in [0.15, 0.2) is 5.78 Å². The smallest absolute Gasteiger partial charge is 0.380 e. The standard InChI is InChI=1S/C18H16BrNO5S/c1-4-25-18(24)14(22)15-9(2)13(10(3)21)17(26-15)20-16(23)11-5-7-12(19)8-6-11/h5-8H,4H2,1-3H3,(H,20,23). The van der Waals surface area contributed by atoms with E-state index in [9.17, 15) is 19.2 Å². The van der Waals surface area contributed by atoms with Crippen molar-refractivity contribution < 1.29 is 23.9 Å². The summed E-state index contributed by atoms with van der Waals surface area (Å²) in [5.41, 5.74) is 0.965. The Morgan fingerprint density at radius 2 is 1.77 bits per heavy atom. The summed E-state index contributed by atoms with van der Waals surface area (Å²) in [5.74, 6) is -2.55. The average molecular weight is 438 g/mol. The molecule has 0 spiro atoms. The van der Waals surface area contributed by atoms with Crippen LogP contribution in [-0.4, -0.2) is 30.0 Å². The van der Waals surface area contributed by atoms with Crippen LogP contribution in [0.15, 0.2) is 28.7 Å². The molecule has 2 rings (SSSR count). The van der Waals surface area contributed by atoms with Gasteiger partial charge in [-0.1, -0.05) is 15.9 Å². The van der Waals surface area contributed by atoms with Gasteiger partial charge in [0.2, 0.25) is 0 Å². The van der Waals surface area contributed by atoms with Gasteiger partial charge < -0.3 is 10.1 Å². The maximum atomic E-state index is 12.4. The van der Waals surface area contributed by atoms with E-state index in [4.69, 9.17) is 4.74 Å². The van der Waals surface area contributed by atoms with Crippen molar-refractivity contribution in [3.8, 4) is 0 Å². The molecule has 136 valence electrons. The molecule has 0 fully saturated rings. The number of Topliss-reactive ketones (excluding diaryl/α,β-unsaturated/α-hetero) is 2. The van der Waals surface area contributed by atoms with Gasteiger partial charge in [0.25, 0.3) is 11.7 Å². The summed E-state index contributed by atoms with van der Waals surface area (Å²) in [5, 5.41) is 2.89. The third-order valence-electron chi connectivity index (χ3n) is 3.50. The van der Waals surface area contributed by atoms with Crippen molar-refractivity contribution >= 4 is 55.7 Å². The number of thiophene rings is 1. The third kappa shape index (κ3) is 4.25. The number of esters is 1. The molecular formula is C18H16BrNO5S. The minimum atomic E-state index is -0.988. The molecule has 0 unspecified atom stereocenters. The third-order valence-corrected chi connectivity index (χ3v) is 5.23. The Balaban J connectivity index is 2.38. The molecule has 0 saturated heterocycles. The number of hydrogen-bond donors (Lipinski definition) is 1. The van der Waals surface area contributed by atoms with Gasteiger partial charge in [-0.2, -0.15) is 0 Å². The number of anilines is 1. The molecule has 8 heteroatoms. The summed E-state index contributed by atoms with van der Waals surface area (Å²) in [7, 11) is 0. The Kier molecular flexibility index (Phi) is 6.44. The SMILES string of the molecule is CCOC(=O)C(=O)c1sc(NC(=O)c2ccc(Br)cc2)c(C(C)=O)c1C. The molecule has 1 heterocycles. The number of carbonyl (C=O) groups is 4. The topological polar surface area (TPSA) is 89.5 Å². The zero-order valence-corrected chi connectivity index (χ0v) is 16.7. The van der Waals surface area contributed by atoms with Gasteiger partial charge in [0, 0.05) is 10.0 Å². The molecule has 0 atom stereocenters. The van der Waals surface area contributed by atoms with Crippen LogP contribution < -0.4 is 5.32 Å². The second kappa shape index (κ2) is 8.37. The van der Waals surface area contributed by atoms with E-state index < -0.39 is 17.7 Å². The Bertz CT molecular complexity index is 886. The molecule has 0 saturated carbocycles. The maximum absolute atomic E-state index is 12.4. The Hall–Kier alpha value is -2.32. The molecule has 0 bridgehead atoms. The van der Waals surface area contributed by atoms with Crippen LogP contribution in [0.25, 0.3) is 0 Å². The van der Waals surface area contributed by atoms with E-state index in [-0.39, 0.29) is 27.8 Å². The van der Waals surface area contributed by atoms with E-state index in [1.165, 1.54) is 6.92 Å². The van der Waals surface area contributed by atoms with E-state index in [0.717, 1.165) is 15.8 Å². The van der Waals surface area contributed by atoms with E-state index in [0.29, 0.717) is 11.1 Å². The number of rotatable bonds is 6. The first kappa shape index (κ1) is 20.0. The van der Waals surface area contributed by atoms with Crippen LogP contribution in [0.2, 0.25) is 0 Å². The Morgan fingerprint density at radius 1 is 1.15 bits per heavy atom. The minimum Gasteiger partial charge on any atom is -0.460 e. The molecule has 1 aromatic carbocycles. The number of nitrogens with one attached hydrogen (secondary N) is 1. The number of carbonyl (C=O) groups excluding carboxylic acids is 4. The van der Waals surface area contributed by atoms with Crippen LogP contribution in [-0.2, 0) is 9.53 Å². The van der Waals surface area contributed by atoms with E-state index in [1.54, 1.807) is 38.1 Å². The molecule has 1 aromatic heterocycles. The molecule has 0 aliphatic rings. The predicted molar refractivity (Wildman–Crippen MR) is 102 cm³/mol. The van der Waals surface area contributed by atoms with Crippen molar-refractivity contribution in [3.63, 3.8) is 0 Å². The van der Waals surface area contributed by atoms with Crippen molar-refractivity contribution in [2.24, 2.45) is 0 Å². The van der Waals surface area contributed by atoms with E-state index in [2.05, 4.69) is 21.2 Å². The van der Waals surface area contributed by atoms with Crippen LogP contribution >= 0.6 is 27.3 Å². The summed E-state index contributed by atoms with van der Waals surface area (Å²) < 4.78 is 5.55. The van der Waals surface area contributed by atoms with Gasteiger partial charge in [-0.3, -0.25) is 14.4 Å². The number of hydrogen-bond acceptors (Lipinski definition) is 6. The summed E-state index contributed by atoms with van der Waals surface area (Å²) >= 11 is 4.18. The highest BCUT2D eigenvalue weighted by atomic mass is 79.9. The lowest BCUT2D eigenvalue weighted by atomic mass is 10.1. The molecule has 6 nitrogen and oxygen atoms in total. The van der Waals surface area contributed by atoms with Crippen molar-refractivity contribution in [1.82, 2.24) is 0 Å². The summed E-state index contributed by atoms with van der Waals surface area (Å²) in [4.78, 5) is 48.5. The molecule has 2 aromatic rings. The molecule has 0 aliphatic heterocycles. The number of ether oxygens (including phenoxy) is 1. The van der Waals surface area contributed by atoms with Crippen LogP contribution in [0, 0.1) is 6.92 Å².